The van der Waals surface area contributed by atoms with Crippen molar-refractivity contribution in [3.63, 3.8) is 0 Å². The number of aromatic carboxylic acids is 2. The summed E-state index contributed by atoms with van der Waals surface area (Å²) in [4.78, 5) is 93.4. The number of aromatic nitrogens is 4. The smallest absolute Gasteiger partial charge is 0.354 e. The maximum absolute atomic E-state index is 11.3. The number of halogens is 2. The second-order valence-corrected chi connectivity index (χ2v) is 24.4. The van der Waals surface area contributed by atoms with Crippen molar-refractivity contribution in [2.24, 2.45) is 28.2 Å². The maximum atomic E-state index is 11.3. The van der Waals surface area contributed by atoms with Crippen molar-refractivity contribution in [2.75, 3.05) is 83.5 Å². The molecule has 2 aromatic carbocycles. The van der Waals surface area contributed by atoms with Crippen molar-refractivity contribution < 1.29 is 62.8 Å². The number of allylic oxidation sites excluding steroid dienone is 11. The summed E-state index contributed by atoms with van der Waals surface area (Å²) in [6.07, 6.45) is 18.2. The van der Waals surface area contributed by atoms with Gasteiger partial charge < -0.3 is 57.8 Å². The first-order valence-corrected chi connectivity index (χ1v) is 32.5. The van der Waals surface area contributed by atoms with Gasteiger partial charge in [0.25, 0.3) is 0 Å². The lowest BCUT2D eigenvalue weighted by Gasteiger charge is -2.36. The number of Topliss-reactive ketones (excluding diaryl/α,β-unsaturated/α-hetero) is 1. The van der Waals surface area contributed by atoms with Gasteiger partial charge in [-0.25, -0.2) is 24.0 Å². The molecule has 2 fully saturated rings. The van der Waals surface area contributed by atoms with Gasteiger partial charge in [0.15, 0.2) is 18.4 Å². The minimum atomic E-state index is -1.02. The highest BCUT2D eigenvalue weighted by atomic mass is 35.5. The summed E-state index contributed by atoms with van der Waals surface area (Å²) in [7, 11) is 11.1. The van der Waals surface area contributed by atoms with Crippen LogP contribution in [-0.4, -0.2) is 155 Å². The van der Waals surface area contributed by atoms with Crippen molar-refractivity contribution in [3.05, 3.63) is 222 Å². The number of aryl methyl sites for hydroxylation is 1. The molecule has 23 heteroatoms. The quantitative estimate of drug-likeness (QED) is 0.0585. The Morgan fingerprint density at radius 3 is 1.32 bits per heavy atom. The number of ketones is 1. The Morgan fingerprint density at radius 2 is 0.959 bits per heavy atom. The van der Waals surface area contributed by atoms with Crippen LogP contribution in [0.2, 0.25) is 10.0 Å². The summed E-state index contributed by atoms with van der Waals surface area (Å²) in [6.45, 7) is 23.8. The molecule has 526 valence electrons. The number of carbonyl (C=O) groups is 8. The number of carboxylic acids is 2. The number of carbonyl (C=O) groups excluding carboxylic acids is 6. The zero-order valence-electron chi connectivity index (χ0n) is 59.0. The zero-order valence-corrected chi connectivity index (χ0v) is 60.5. The fraction of sp³-hybridized carbons (Fsp3) is 0.360. The first-order chi connectivity index (χ1) is 46.5. The topological polar surface area (TPSA) is 246 Å². The average molecular weight is 1390 g/mol. The Bertz CT molecular complexity index is 3970. The van der Waals surface area contributed by atoms with Crippen LogP contribution in [0.5, 0.6) is 0 Å². The standard InChI is InChI=1S/C18H22ClN3O2.C10H13ClN2.C9H11NO3.C8H9NO3.C8H11NO2.C8H10O2.C8H10O.C6H8/c1-13-14(11-17(18(23)24)20(13)2)12-21-7-9-22(10-8-21)16-6-4-3-5-15(16)19;11-9-3-1-2-4-10(9)13-7-5-12-6-8-13;1-6-7(5-11)4-8(10(6)2)9(12)13-3;1-5-6(4-10)3-7(8(11)12)9(5)2;1-6-4-5-7(9(6)2)8(10)11-3;1-6-3-4-7(5-6)8(9)10-2;1-6-3-4-8(5-6)7(2)9;1-6-4-2-3-5-6/h3-6,11H,7-10,12H2,1-2H3,(H,23,24);1-4,12H,5-8H2;4-5H,1-3H3;3-4H,1-2H3,(H,11,12);4-5H,1-3H3;3-4H,5H2,1-2H3;3-4H,5H2,1-2H3;2-4H,5H2,1H3. The van der Waals surface area contributed by atoms with Crippen molar-refractivity contribution in [3.8, 4) is 0 Å². The Labute approximate surface area is 585 Å². The van der Waals surface area contributed by atoms with Crippen LogP contribution in [0.1, 0.15) is 138 Å². The summed E-state index contributed by atoms with van der Waals surface area (Å²) < 4.78 is 20.3. The van der Waals surface area contributed by atoms with E-state index in [1.807, 2.05) is 95.4 Å². The number of esters is 3. The zero-order chi connectivity index (χ0) is 72.9. The molecule has 0 atom stereocenters. The minimum Gasteiger partial charge on any atom is -0.477 e. The number of ether oxygens (including phenoxy) is 3. The SMILES string of the molecule is CC(=O)C1=CC=C(C)C1.CC1=CC=CC1.COC(=O)C1=CC=C(C)C1.COC(=O)c1cc(C=O)c(C)n1C.COC(=O)c1ccc(C)n1C.Cc1c(C=O)cc(C(=O)O)n1C.Cc1c(CN2CCN(c3ccccc3Cl)CC2)cc(C(=O)O)n1C.Clc1ccccc1N1CCNCC1. The highest BCUT2D eigenvalue weighted by Crippen LogP contribution is 2.28. The third-order valence-corrected chi connectivity index (χ3v) is 17.5. The fourth-order valence-electron chi connectivity index (χ4n) is 10.3. The fourth-order valence-corrected chi connectivity index (χ4v) is 10.9. The van der Waals surface area contributed by atoms with Crippen LogP contribution in [-0.2, 0) is 58.5 Å². The molecule has 5 aliphatic rings. The maximum Gasteiger partial charge on any atom is 0.354 e. The second kappa shape index (κ2) is 40.2. The van der Waals surface area contributed by atoms with Crippen LogP contribution in [0, 0.1) is 27.7 Å². The van der Waals surface area contributed by atoms with E-state index < -0.39 is 17.9 Å². The van der Waals surface area contributed by atoms with E-state index in [0.29, 0.717) is 40.2 Å². The van der Waals surface area contributed by atoms with Gasteiger partial charge in [0.1, 0.15) is 22.8 Å². The molecule has 98 heavy (non-hydrogen) atoms. The molecule has 4 aromatic heterocycles. The van der Waals surface area contributed by atoms with E-state index in [9.17, 15) is 43.5 Å². The molecular formula is C75H94Cl2N8O13. The van der Waals surface area contributed by atoms with E-state index in [4.69, 9.17) is 28.3 Å². The van der Waals surface area contributed by atoms with Gasteiger partial charge in [-0.1, -0.05) is 107 Å². The van der Waals surface area contributed by atoms with Gasteiger partial charge in [0, 0.05) is 133 Å². The Hall–Kier alpha value is -9.54. The Balaban J connectivity index is 0.000000245. The monoisotopic (exact) mass is 1380 g/mol. The van der Waals surface area contributed by atoms with Gasteiger partial charge in [-0.2, -0.15) is 0 Å². The van der Waals surface area contributed by atoms with Gasteiger partial charge in [0.05, 0.1) is 42.7 Å². The van der Waals surface area contributed by atoms with Crippen LogP contribution >= 0.6 is 23.2 Å². The summed E-state index contributed by atoms with van der Waals surface area (Å²) in [5.74, 6) is -2.64. The number of hydrogen-bond acceptors (Lipinski definition) is 15. The van der Waals surface area contributed by atoms with Gasteiger partial charge in [-0.15, -0.1) is 0 Å². The third kappa shape index (κ3) is 23.9. The number of anilines is 2. The van der Waals surface area contributed by atoms with Crippen LogP contribution in [0.25, 0.3) is 0 Å². The minimum absolute atomic E-state index is 0.134. The summed E-state index contributed by atoms with van der Waals surface area (Å²) >= 11 is 12.4. The lowest BCUT2D eigenvalue weighted by molar-refractivity contribution is -0.136. The van der Waals surface area contributed by atoms with Crippen LogP contribution in [0.15, 0.2) is 149 Å². The first-order valence-electron chi connectivity index (χ1n) is 31.7. The molecule has 6 aromatic rings. The van der Waals surface area contributed by atoms with Crippen molar-refractivity contribution in [1.29, 1.82) is 0 Å². The molecule has 2 saturated heterocycles. The summed E-state index contributed by atoms with van der Waals surface area (Å²) in [6, 6.07) is 24.3. The van der Waals surface area contributed by atoms with Gasteiger partial charge >= 0.3 is 29.8 Å². The third-order valence-electron chi connectivity index (χ3n) is 16.8. The first kappa shape index (κ1) is 80.9. The number of methoxy groups -OCH3 is 3. The lowest BCUT2D eigenvalue weighted by atomic mass is 10.1. The van der Waals surface area contributed by atoms with E-state index in [1.165, 1.54) is 61.2 Å². The van der Waals surface area contributed by atoms with Crippen LogP contribution < -0.4 is 15.1 Å². The Kier molecular flexibility index (Phi) is 33.2. The number of para-hydroxylation sites is 2. The molecule has 0 spiro atoms. The van der Waals surface area contributed by atoms with E-state index in [2.05, 4.69) is 71.5 Å². The number of piperazine rings is 2. The van der Waals surface area contributed by atoms with Crippen molar-refractivity contribution >= 4 is 82.8 Å². The number of benzene rings is 2. The van der Waals surface area contributed by atoms with Crippen LogP contribution in [0.4, 0.5) is 11.4 Å². The van der Waals surface area contributed by atoms with E-state index >= 15 is 0 Å². The predicted octanol–water partition coefficient (Wildman–Crippen LogP) is 12.8. The van der Waals surface area contributed by atoms with E-state index in [-0.39, 0.29) is 23.4 Å². The largest absolute Gasteiger partial charge is 0.477 e. The molecule has 0 bridgehead atoms. The number of aldehydes is 2. The lowest BCUT2D eigenvalue weighted by Crippen LogP contribution is -2.46. The summed E-state index contributed by atoms with van der Waals surface area (Å²) in [5.41, 5.74) is 14.9. The molecule has 0 saturated carbocycles. The predicted molar refractivity (Wildman–Crippen MR) is 387 cm³/mol. The van der Waals surface area contributed by atoms with Crippen molar-refractivity contribution in [1.82, 2.24) is 28.5 Å². The molecule has 0 amide bonds. The second-order valence-electron chi connectivity index (χ2n) is 23.6. The highest BCUT2D eigenvalue weighted by molar-refractivity contribution is 6.33. The number of rotatable bonds is 12. The average Bonchev–Trinajstić information content (AvgIpc) is 1.20. The molecule has 6 heterocycles. The molecule has 2 aliphatic heterocycles. The molecular weight excluding hydrogens is 1290 g/mol. The number of hydrogen-bond donors (Lipinski definition) is 3. The number of nitrogens with zero attached hydrogens (tertiary/aromatic N) is 7. The Morgan fingerprint density at radius 1 is 0.510 bits per heavy atom. The molecule has 0 unspecified atom stereocenters. The van der Waals surface area contributed by atoms with Gasteiger partial charge in [-0.3, -0.25) is 19.3 Å². The molecule has 0 radical (unpaired) electrons. The van der Waals surface area contributed by atoms with Gasteiger partial charge in [-0.05, 0) is 134 Å². The highest BCUT2D eigenvalue weighted by Gasteiger charge is 2.23. The van der Waals surface area contributed by atoms with Crippen molar-refractivity contribution in [2.45, 2.75) is 81.2 Å². The normalized spacial score (nSPS) is 14.1. The molecule has 3 aliphatic carbocycles. The van der Waals surface area contributed by atoms with Gasteiger partial charge in [0.2, 0.25) is 0 Å². The van der Waals surface area contributed by atoms with E-state index in [0.717, 1.165) is 133 Å². The van der Waals surface area contributed by atoms with Crippen LogP contribution in [0.3, 0.4) is 0 Å². The van der Waals surface area contributed by atoms with E-state index in [1.54, 1.807) is 73.8 Å². The summed E-state index contributed by atoms with van der Waals surface area (Å²) in [5, 5.41) is 22.9. The number of carboxylic acid groups (broad SMARTS) is 2. The molecule has 3 N–H and O–H groups in total. The molecule has 21 nitrogen and oxygen atoms in total. The molecule has 11 rings (SSSR count). The number of nitrogens with one attached hydrogen (secondary N) is 1.